The summed E-state index contributed by atoms with van der Waals surface area (Å²) in [6, 6.07) is 2.98. The van der Waals surface area contributed by atoms with Gasteiger partial charge in [0.1, 0.15) is 5.75 Å². The van der Waals surface area contributed by atoms with Crippen LogP contribution in [-0.2, 0) is 0 Å². The third kappa shape index (κ3) is 4.60. The molecule has 1 saturated heterocycles. The molecule has 10 heteroatoms. The largest absolute Gasteiger partial charge is 0.573 e. The molecule has 0 spiro atoms. The fourth-order valence-electron chi connectivity index (χ4n) is 2.27. The smallest absolute Gasteiger partial charge is 0.423 e. The highest BCUT2D eigenvalue weighted by atomic mass is 19.4. The van der Waals surface area contributed by atoms with Crippen molar-refractivity contribution in [3.05, 3.63) is 23.8 Å². The average Bonchev–Trinajstić information content (AvgIpc) is 2.46. The van der Waals surface area contributed by atoms with Gasteiger partial charge in [-0.25, -0.2) is 0 Å². The topological polar surface area (TPSA) is 73.2 Å². The maximum Gasteiger partial charge on any atom is 0.573 e. The monoisotopic (exact) mass is 332 g/mol. The lowest BCUT2D eigenvalue weighted by Crippen LogP contribution is -2.47. The molecule has 1 aliphatic rings. The molecular formula is C13H16BF3N2O4. The molecule has 2 N–H and O–H groups in total. The molecule has 0 radical (unpaired) electrons. The first-order valence-corrected chi connectivity index (χ1v) is 6.91. The normalized spacial score (nSPS) is 16.3. The number of nitrogens with zero attached hydrogens (tertiary/aromatic N) is 2. The number of carbonyl (C=O) groups is 1. The summed E-state index contributed by atoms with van der Waals surface area (Å²) >= 11 is 0. The van der Waals surface area contributed by atoms with Crippen molar-refractivity contribution in [1.29, 1.82) is 0 Å². The van der Waals surface area contributed by atoms with E-state index in [-0.39, 0.29) is 11.0 Å². The minimum atomic E-state index is -4.95. The van der Waals surface area contributed by atoms with Crippen LogP contribution in [0.5, 0.6) is 5.75 Å². The van der Waals surface area contributed by atoms with Crippen LogP contribution in [0.2, 0.25) is 0 Å². The molecule has 6 nitrogen and oxygen atoms in total. The molecule has 0 aromatic heterocycles. The van der Waals surface area contributed by atoms with Gasteiger partial charge in [-0.2, -0.15) is 0 Å². The number of piperazine rings is 1. The highest BCUT2D eigenvalue weighted by molar-refractivity contribution is 6.58. The molecule has 23 heavy (non-hydrogen) atoms. The minimum absolute atomic E-state index is 0.0861. The zero-order valence-corrected chi connectivity index (χ0v) is 12.4. The Hall–Kier alpha value is -1.78. The van der Waals surface area contributed by atoms with Crippen LogP contribution in [0.4, 0.5) is 13.2 Å². The maximum atomic E-state index is 12.5. The van der Waals surface area contributed by atoms with Gasteiger partial charge in [0.25, 0.3) is 5.91 Å². The summed E-state index contributed by atoms with van der Waals surface area (Å²) < 4.78 is 41.3. The summed E-state index contributed by atoms with van der Waals surface area (Å²) in [7, 11) is -0.0167. The van der Waals surface area contributed by atoms with Gasteiger partial charge in [-0.05, 0) is 24.6 Å². The number of rotatable bonds is 3. The van der Waals surface area contributed by atoms with Crippen LogP contribution >= 0.6 is 0 Å². The molecule has 1 aliphatic heterocycles. The van der Waals surface area contributed by atoms with E-state index in [1.54, 1.807) is 0 Å². The van der Waals surface area contributed by atoms with E-state index in [1.165, 1.54) is 4.90 Å². The van der Waals surface area contributed by atoms with E-state index in [4.69, 9.17) is 10.0 Å². The number of amides is 1. The van der Waals surface area contributed by atoms with Crippen molar-refractivity contribution < 1.29 is 32.8 Å². The summed E-state index contributed by atoms with van der Waals surface area (Å²) in [6.07, 6.45) is -4.95. The van der Waals surface area contributed by atoms with Crippen LogP contribution in [-0.4, -0.2) is 72.5 Å². The number of benzene rings is 1. The van der Waals surface area contributed by atoms with Crippen LogP contribution in [0.3, 0.4) is 0 Å². The Kier molecular flexibility index (Phi) is 5.17. The second-order valence-corrected chi connectivity index (χ2v) is 5.27. The Bertz CT molecular complexity index is 575. The number of ether oxygens (including phenoxy) is 1. The van der Waals surface area contributed by atoms with Crippen molar-refractivity contribution in [2.45, 2.75) is 6.36 Å². The molecule has 1 aromatic rings. The quantitative estimate of drug-likeness (QED) is 0.741. The minimum Gasteiger partial charge on any atom is -0.423 e. The van der Waals surface area contributed by atoms with Crippen LogP contribution < -0.4 is 10.2 Å². The number of carbonyl (C=O) groups excluding carboxylic acids is 1. The van der Waals surface area contributed by atoms with Gasteiger partial charge in [-0.3, -0.25) is 4.79 Å². The van der Waals surface area contributed by atoms with E-state index < -0.39 is 25.1 Å². The summed E-state index contributed by atoms with van der Waals surface area (Å²) in [5, 5.41) is 18.3. The van der Waals surface area contributed by atoms with Crippen molar-refractivity contribution in [2.24, 2.45) is 0 Å². The molecular weight excluding hydrogens is 316 g/mol. The number of alkyl halides is 3. The predicted octanol–water partition coefficient (Wildman–Crippen LogP) is -0.347. The number of halogens is 3. The Morgan fingerprint density at radius 1 is 1.22 bits per heavy atom. The molecule has 0 saturated carbocycles. The third-order valence-electron chi connectivity index (χ3n) is 3.55. The maximum absolute atomic E-state index is 12.5. The highest BCUT2D eigenvalue weighted by Gasteiger charge is 2.34. The van der Waals surface area contributed by atoms with Gasteiger partial charge in [-0.1, -0.05) is 6.07 Å². The molecule has 2 rings (SSSR count). The van der Waals surface area contributed by atoms with Crippen molar-refractivity contribution in [3.63, 3.8) is 0 Å². The van der Waals surface area contributed by atoms with E-state index in [1.807, 2.05) is 11.9 Å². The number of hydrogen-bond acceptors (Lipinski definition) is 5. The van der Waals surface area contributed by atoms with Crippen LogP contribution in [0.25, 0.3) is 0 Å². The number of likely N-dealkylation sites (N-methyl/N-ethyl adjacent to an activating group) is 1. The summed E-state index contributed by atoms with van der Waals surface area (Å²) in [5.41, 5.74) is -0.436. The van der Waals surface area contributed by atoms with Crippen molar-refractivity contribution >= 4 is 18.5 Å². The van der Waals surface area contributed by atoms with E-state index >= 15 is 0 Å². The summed E-state index contributed by atoms with van der Waals surface area (Å²) in [5.74, 6) is -1.30. The molecule has 1 amide bonds. The first-order chi connectivity index (χ1) is 10.7. The molecule has 0 unspecified atom stereocenters. The highest BCUT2D eigenvalue weighted by Crippen LogP contribution is 2.27. The van der Waals surface area contributed by atoms with E-state index in [0.29, 0.717) is 26.2 Å². The van der Waals surface area contributed by atoms with Crippen molar-refractivity contribution in [2.75, 3.05) is 33.2 Å². The molecule has 126 valence electrons. The Morgan fingerprint density at radius 3 is 2.35 bits per heavy atom. The van der Waals surface area contributed by atoms with Gasteiger partial charge in [-0.15, -0.1) is 13.2 Å². The lowest BCUT2D eigenvalue weighted by molar-refractivity contribution is -0.274. The lowest BCUT2D eigenvalue weighted by Gasteiger charge is -2.32. The van der Waals surface area contributed by atoms with Gasteiger partial charge in [0, 0.05) is 26.2 Å². The fourth-order valence-corrected chi connectivity index (χ4v) is 2.27. The second-order valence-electron chi connectivity index (χ2n) is 5.27. The average molecular weight is 332 g/mol. The van der Waals surface area contributed by atoms with Crippen LogP contribution in [0.1, 0.15) is 10.4 Å². The summed E-state index contributed by atoms with van der Waals surface area (Å²) in [4.78, 5) is 15.9. The van der Waals surface area contributed by atoms with E-state index in [9.17, 15) is 18.0 Å². The van der Waals surface area contributed by atoms with Gasteiger partial charge in [0.15, 0.2) is 0 Å². The molecule has 1 aromatic carbocycles. The lowest BCUT2D eigenvalue weighted by atomic mass is 9.79. The Labute approximate surface area is 131 Å². The molecule has 0 bridgehead atoms. The van der Waals surface area contributed by atoms with Gasteiger partial charge < -0.3 is 24.6 Å². The van der Waals surface area contributed by atoms with Gasteiger partial charge in [0.05, 0.1) is 5.56 Å². The molecule has 1 heterocycles. The van der Waals surface area contributed by atoms with Crippen molar-refractivity contribution in [3.8, 4) is 5.75 Å². The second kappa shape index (κ2) is 6.77. The Balaban J connectivity index is 2.32. The molecule has 1 fully saturated rings. The fraction of sp³-hybridized carbons (Fsp3) is 0.462. The zero-order valence-electron chi connectivity index (χ0n) is 12.4. The first-order valence-electron chi connectivity index (χ1n) is 6.91. The van der Waals surface area contributed by atoms with Gasteiger partial charge >= 0.3 is 13.5 Å². The predicted molar refractivity (Wildman–Crippen MR) is 76.4 cm³/mol. The number of hydrogen-bond donors (Lipinski definition) is 2. The van der Waals surface area contributed by atoms with Crippen molar-refractivity contribution in [1.82, 2.24) is 9.80 Å². The third-order valence-corrected chi connectivity index (χ3v) is 3.55. The zero-order chi connectivity index (χ0) is 17.2. The Morgan fingerprint density at radius 2 is 1.83 bits per heavy atom. The van der Waals surface area contributed by atoms with Crippen LogP contribution in [0.15, 0.2) is 18.2 Å². The van der Waals surface area contributed by atoms with E-state index in [0.717, 1.165) is 18.2 Å². The van der Waals surface area contributed by atoms with E-state index in [2.05, 4.69) is 4.74 Å². The molecule has 0 aliphatic carbocycles. The van der Waals surface area contributed by atoms with Crippen LogP contribution in [0, 0.1) is 0 Å². The first kappa shape index (κ1) is 17.6. The standard InChI is InChI=1S/C13H16BF3N2O4/c1-18-4-6-19(7-5-18)12(20)10-8-9(14(21)22)2-3-11(10)23-13(15,16)17/h2-3,8,21-22H,4-7H2,1H3. The molecule has 0 atom stereocenters. The summed E-state index contributed by atoms with van der Waals surface area (Å²) in [6.45, 7) is 1.94. The van der Waals surface area contributed by atoms with Gasteiger partial charge in [0.2, 0.25) is 0 Å². The SMILES string of the molecule is CN1CCN(C(=O)c2cc(B(O)O)ccc2OC(F)(F)F)CC1.